The minimum Gasteiger partial charge on any atom is -0.372 e. The van der Waals surface area contributed by atoms with Crippen LogP contribution in [0.3, 0.4) is 0 Å². The van der Waals surface area contributed by atoms with Crippen LogP contribution in [-0.4, -0.2) is 38.2 Å². The van der Waals surface area contributed by atoms with Crippen molar-refractivity contribution in [2.45, 2.75) is 11.1 Å². The van der Waals surface area contributed by atoms with Gasteiger partial charge in [0, 0.05) is 24.5 Å². The highest BCUT2D eigenvalue weighted by atomic mass is 32.2. The molecule has 0 aliphatic heterocycles. The first-order valence-electron chi connectivity index (χ1n) is 8.65. The Morgan fingerprint density at radius 1 is 1.07 bits per heavy atom. The number of aromatic nitrogens is 2. The lowest BCUT2D eigenvalue weighted by molar-refractivity contribution is -0.141. The zero-order chi connectivity index (χ0) is 21.9. The summed E-state index contributed by atoms with van der Waals surface area (Å²) in [6, 6.07) is 13.1. The maximum Gasteiger partial charge on any atom is 0.435 e. The SMILES string of the molecule is COCC#Cc1ccc(-c2cc(C(F)(F)F)nn2-c2ccc(S(C)(=O)=O)cc2)cc1. The lowest BCUT2D eigenvalue weighted by atomic mass is 10.1. The molecule has 0 unspecified atom stereocenters. The fourth-order valence-corrected chi connectivity index (χ4v) is 3.32. The van der Waals surface area contributed by atoms with Crippen molar-refractivity contribution in [1.29, 1.82) is 0 Å². The summed E-state index contributed by atoms with van der Waals surface area (Å²) in [6.45, 7) is 0.271. The molecular weight excluding hydrogens is 417 g/mol. The third kappa shape index (κ3) is 4.90. The molecule has 0 spiro atoms. The Hall–Kier alpha value is -3.09. The number of halogens is 3. The molecule has 0 fully saturated rings. The van der Waals surface area contributed by atoms with E-state index in [1.165, 1.54) is 31.4 Å². The van der Waals surface area contributed by atoms with Crippen LogP contribution in [0.15, 0.2) is 59.5 Å². The monoisotopic (exact) mass is 434 g/mol. The molecule has 0 aliphatic carbocycles. The summed E-state index contributed by atoms with van der Waals surface area (Å²) in [6.07, 6.45) is -3.57. The van der Waals surface area contributed by atoms with Crippen LogP contribution in [0.4, 0.5) is 13.2 Å². The number of methoxy groups -OCH3 is 1. The molecule has 0 radical (unpaired) electrons. The van der Waals surface area contributed by atoms with Crippen molar-refractivity contribution in [3.63, 3.8) is 0 Å². The highest BCUT2D eigenvalue weighted by Crippen LogP contribution is 2.33. The smallest absolute Gasteiger partial charge is 0.372 e. The zero-order valence-electron chi connectivity index (χ0n) is 16.1. The van der Waals surface area contributed by atoms with Gasteiger partial charge in [-0.15, -0.1) is 0 Å². The number of rotatable bonds is 4. The quantitative estimate of drug-likeness (QED) is 0.584. The fourth-order valence-electron chi connectivity index (χ4n) is 2.69. The van der Waals surface area contributed by atoms with Crippen LogP contribution in [0.25, 0.3) is 16.9 Å². The predicted octanol–water partition coefficient (Wildman–Crippen LogP) is 3.96. The maximum atomic E-state index is 13.3. The summed E-state index contributed by atoms with van der Waals surface area (Å²) in [5.41, 5.74) is 0.661. The molecular formula is C21H17F3N2O3S. The average Bonchev–Trinajstić information content (AvgIpc) is 3.14. The van der Waals surface area contributed by atoms with Crippen LogP contribution < -0.4 is 0 Å². The Bertz CT molecular complexity index is 1200. The van der Waals surface area contributed by atoms with E-state index in [0.717, 1.165) is 17.0 Å². The lowest BCUT2D eigenvalue weighted by Gasteiger charge is -2.09. The molecule has 0 bridgehead atoms. The molecule has 0 saturated heterocycles. The number of benzene rings is 2. The molecule has 9 heteroatoms. The van der Waals surface area contributed by atoms with Gasteiger partial charge in [-0.3, -0.25) is 0 Å². The second kappa shape index (κ2) is 8.34. The molecule has 3 rings (SSSR count). The van der Waals surface area contributed by atoms with Crippen LogP contribution in [-0.2, 0) is 20.8 Å². The molecule has 0 amide bonds. The van der Waals surface area contributed by atoms with Crippen molar-refractivity contribution in [1.82, 2.24) is 9.78 Å². The third-order valence-corrected chi connectivity index (χ3v) is 5.27. The van der Waals surface area contributed by atoms with Crippen LogP contribution in [0.5, 0.6) is 0 Å². The van der Waals surface area contributed by atoms with Gasteiger partial charge in [-0.25, -0.2) is 13.1 Å². The van der Waals surface area contributed by atoms with E-state index in [0.29, 0.717) is 16.8 Å². The summed E-state index contributed by atoms with van der Waals surface area (Å²) in [4.78, 5) is 0.0648. The van der Waals surface area contributed by atoms with Gasteiger partial charge in [-0.1, -0.05) is 24.0 Å². The van der Waals surface area contributed by atoms with E-state index < -0.39 is 21.7 Å². The van der Waals surface area contributed by atoms with E-state index in [1.54, 1.807) is 24.3 Å². The van der Waals surface area contributed by atoms with E-state index in [1.807, 2.05) is 0 Å². The minimum absolute atomic E-state index is 0.0648. The van der Waals surface area contributed by atoms with Crippen molar-refractivity contribution in [2.75, 3.05) is 20.0 Å². The van der Waals surface area contributed by atoms with E-state index in [2.05, 4.69) is 16.9 Å². The van der Waals surface area contributed by atoms with Gasteiger partial charge in [0.05, 0.1) is 16.3 Å². The van der Waals surface area contributed by atoms with Crippen LogP contribution in [0.1, 0.15) is 11.3 Å². The largest absolute Gasteiger partial charge is 0.435 e. The molecule has 0 atom stereocenters. The van der Waals surface area contributed by atoms with Crippen molar-refractivity contribution in [2.24, 2.45) is 0 Å². The Labute approximate surface area is 172 Å². The summed E-state index contributed by atoms with van der Waals surface area (Å²) < 4.78 is 69.1. The topological polar surface area (TPSA) is 61.2 Å². The van der Waals surface area contributed by atoms with Gasteiger partial charge in [0.15, 0.2) is 15.5 Å². The molecule has 0 saturated carbocycles. The predicted molar refractivity (Wildman–Crippen MR) is 106 cm³/mol. The molecule has 1 aromatic heterocycles. The van der Waals surface area contributed by atoms with Crippen molar-refractivity contribution >= 4 is 9.84 Å². The third-order valence-electron chi connectivity index (χ3n) is 4.14. The van der Waals surface area contributed by atoms with Crippen LogP contribution in [0.2, 0.25) is 0 Å². The van der Waals surface area contributed by atoms with E-state index in [4.69, 9.17) is 4.74 Å². The highest BCUT2D eigenvalue weighted by molar-refractivity contribution is 7.90. The minimum atomic E-state index is -4.63. The van der Waals surface area contributed by atoms with Crippen molar-refractivity contribution in [3.8, 4) is 28.8 Å². The number of alkyl halides is 3. The Kier molecular flexibility index (Phi) is 6.01. The second-order valence-corrected chi connectivity index (χ2v) is 8.42. The van der Waals surface area contributed by atoms with Gasteiger partial charge in [0.1, 0.15) is 6.61 Å². The van der Waals surface area contributed by atoms with Crippen molar-refractivity contribution < 1.29 is 26.3 Å². The molecule has 2 aromatic carbocycles. The summed E-state index contributed by atoms with van der Waals surface area (Å²) >= 11 is 0. The number of sulfone groups is 1. The van der Waals surface area contributed by atoms with E-state index >= 15 is 0 Å². The number of hydrogen-bond donors (Lipinski definition) is 0. The summed E-state index contributed by atoms with van der Waals surface area (Å²) in [7, 11) is -1.90. The first-order valence-corrected chi connectivity index (χ1v) is 10.5. The highest BCUT2D eigenvalue weighted by Gasteiger charge is 2.35. The fraction of sp³-hybridized carbons (Fsp3) is 0.190. The molecule has 0 N–H and O–H groups in total. The van der Waals surface area contributed by atoms with Gasteiger partial charge >= 0.3 is 6.18 Å². The summed E-state index contributed by atoms with van der Waals surface area (Å²) in [5, 5.41) is 3.70. The molecule has 156 valence electrons. The first-order chi connectivity index (χ1) is 14.1. The molecule has 3 aromatic rings. The Balaban J connectivity index is 2.06. The van der Waals surface area contributed by atoms with Gasteiger partial charge in [0.25, 0.3) is 0 Å². The standard InChI is InChI=1S/C21H17F3N2O3S/c1-29-13-3-4-15-5-7-16(8-6-15)19-14-20(21(22,23)24)25-26(19)17-9-11-18(12-10-17)30(2,27)28/h5-12,14H,13H2,1-2H3. The molecule has 30 heavy (non-hydrogen) atoms. The summed E-state index contributed by atoms with van der Waals surface area (Å²) in [5.74, 6) is 5.69. The second-order valence-electron chi connectivity index (χ2n) is 6.40. The van der Waals surface area contributed by atoms with E-state index in [9.17, 15) is 21.6 Å². The van der Waals surface area contributed by atoms with Gasteiger partial charge < -0.3 is 4.74 Å². The van der Waals surface area contributed by atoms with E-state index in [-0.39, 0.29) is 17.2 Å². The molecule has 5 nitrogen and oxygen atoms in total. The lowest BCUT2D eigenvalue weighted by Crippen LogP contribution is -2.07. The molecule has 0 aliphatic rings. The molecule has 1 heterocycles. The number of hydrogen-bond acceptors (Lipinski definition) is 4. The number of ether oxygens (including phenoxy) is 1. The van der Waals surface area contributed by atoms with Gasteiger partial charge in [0.2, 0.25) is 0 Å². The van der Waals surface area contributed by atoms with Gasteiger partial charge in [-0.2, -0.15) is 18.3 Å². The normalized spacial score (nSPS) is 11.8. The van der Waals surface area contributed by atoms with Crippen LogP contribution >= 0.6 is 0 Å². The zero-order valence-corrected chi connectivity index (χ0v) is 16.9. The average molecular weight is 434 g/mol. The van der Waals surface area contributed by atoms with Gasteiger partial charge in [-0.05, 0) is 42.5 Å². The Morgan fingerprint density at radius 2 is 1.70 bits per heavy atom. The maximum absolute atomic E-state index is 13.3. The number of nitrogens with zero attached hydrogens (tertiary/aromatic N) is 2. The van der Waals surface area contributed by atoms with Crippen molar-refractivity contribution in [3.05, 3.63) is 65.9 Å². The van der Waals surface area contributed by atoms with Crippen LogP contribution in [0, 0.1) is 11.8 Å². The first kappa shape index (κ1) is 21.6. The Morgan fingerprint density at radius 3 is 2.23 bits per heavy atom.